The van der Waals surface area contributed by atoms with Gasteiger partial charge in [-0.3, -0.25) is 0 Å². The van der Waals surface area contributed by atoms with Crippen LogP contribution in [-0.2, 0) is 63.4 Å². The van der Waals surface area contributed by atoms with Crippen LogP contribution in [0, 0.1) is 76.2 Å². The molecule has 16 aromatic rings. The lowest BCUT2D eigenvalue weighted by Gasteiger charge is -2.28. The fraction of sp³-hybridized carbons (Fsp3) is 0.259. The molecule has 0 amide bonds. The van der Waals surface area contributed by atoms with Gasteiger partial charge in [0, 0.05) is 180 Å². The molecule has 0 unspecified atom stereocenters. The summed E-state index contributed by atoms with van der Waals surface area (Å²) in [5.41, 5.74) is 37.0. The molecular formula is C112H128N15+7. The minimum Gasteiger partial charge on any atom is -0.359 e. The number of anilines is 3. The van der Waals surface area contributed by atoms with Crippen molar-refractivity contribution in [2.75, 3.05) is 35.8 Å². The van der Waals surface area contributed by atoms with E-state index in [0.29, 0.717) is 18.5 Å². The van der Waals surface area contributed by atoms with Crippen molar-refractivity contribution in [3.8, 4) is 79.3 Å². The Kier molecular flexibility index (Phi) is 25.3. The van der Waals surface area contributed by atoms with Crippen LogP contribution in [0.3, 0.4) is 0 Å². The van der Waals surface area contributed by atoms with E-state index in [1.54, 1.807) is 0 Å². The number of aromatic nitrogens is 9. The van der Waals surface area contributed by atoms with Crippen LogP contribution in [-0.4, -0.2) is 63.5 Å². The van der Waals surface area contributed by atoms with E-state index in [9.17, 15) is 0 Å². The molecule has 0 saturated heterocycles. The molecule has 0 fully saturated rings. The molecular weight excluding hydrogens is 1560 g/mol. The lowest BCUT2D eigenvalue weighted by molar-refractivity contribution is -0.661. The Bertz CT molecular complexity index is 6660. The molecule has 0 spiro atoms. The van der Waals surface area contributed by atoms with Crippen LogP contribution in [0.1, 0.15) is 82.0 Å². The molecule has 0 saturated carbocycles. The van der Waals surface area contributed by atoms with Gasteiger partial charge in [-0.05, 0) is 221 Å². The first-order valence-electron chi connectivity index (χ1n) is 44.4. The zero-order valence-electron chi connectivity index (χ0n) is 79.6. The predicted molar refractivity (Wildman–Crippen MR) is 525 cm³/mol. The van der Waals surface area contributed by atoms with Gasteiger partial charge in [0.15, 0.2) is 37.2 Å². The van der Waals surface area contributed by atoms with Crippen molar-refractivity contribution in [3.63, 3.8) is 0 Å². The number of hydrogen-bond acceptors (Lipinski definition) is 6. The summed E-state index contributed by atoms with van der Waals surface area (Å²) in [6.07, 6.45) is 27.0. The van der Waals surface area contributed by atoms with E-state index in [2.05, 4.69) is 539 Å². The highest BCUT2D eigenvalue weighted by molar-refractivity contribution is 6.04. The molecule has 3 atom stereocenters. The third-order valence-corrected chi connectivity index (χ3v) is 26.5. The quantitative estimate of drug-likeness (QED) is 0.127. The highest BCUT2D eigenvalue weighted by Crippen LogP contribution is 2.42. The maximum absolute atomic E-state index is 2.38. The molecule has 0 aliphatic carbocycles. The summed E-state index contributed by atoms with van der Waals surface area (Å²) in [6.45, 7) is 30.7. The van der Waals surface area contributed by atoms with E-state index in [1.807, 2.05) is 0 Å². The van der Waals surface area contributed by atoms with Crippen LogP contribution in [0.2, 0.25) is 0 Å². The molecule has 644 valence electrons. The number of pyridine rings is 7. The van der Waals surface area contributed by atoms with Crippen molar-refractivity contribution in [2.24, 2.45) is 63.4 Å². The van der Waals surface area contributed by atoms with Crippen molar-refractivity contribution in [3.05, 3.63) is 348 Å². The van der Waals surface area contributed by atoms with Crippen LogP contribution in [0.15, 0.2) is 287 Å². The number of benzene rings is 7. The van der Waals surface area contributed by atoms with Crippen molar-refractivity contribution in [2.45, 2.75) is 115 Å². The maximum atomic E-state index is 2.38. The molecule has 3 aliphatic rings. The fourth-order valence-electron chi connectivity index (χ4n) is 19.8. The summed E-state index contributed by atoms with van der Waals surface area (Å²) in [5, 5.41) is 8.95. The third-order valence-electron chi connectivity index (χ3n) is 26.5. The zero-order valence-corrected chi connectivity index (χ0v) is 79.6. The van der Waals surface area contributed by atoms with Crippen LogP contribution in [0.5, 0.6) is 0 Å². The first-order valence-corrected chi connectivity index (χ1v) is 44.4. The highest BCUT2D eigenvalue weighted by Gasteiger charge is 2.33. The molecule has 9 aromatic heterocycles. The second-order valence-corrected chi connectivity index (χ2v) is 35.6. The number of fused-ring (bicyclic) bond motifs is 4. The molecule has 7 aromatic carbocycles. The molecule has 12 heterocycles. The van der Waals surface area contributed by atoms with Gasteiger partial charge in [-0.15, -0.1) is 0 Å². The van der Waals surface area contributed by atoms with Crippen LogP contribution >= 0.6 is 0 Å². The third kappa shape index (κ3) is 17.1. The van der Waals surface area contributed by atoms with Crippen LogP contribution < -0.4 is 46.7 Å². The van der Waals surface area contributed by atoms with Gasteiger partial charge >= 0.3 is 0 Å². The lowest BCUT2D eigenvalue weighted by atomic mass is 9.98. The standard InChI is InChI=1S/C25H29N3.3C22H24N3.C21H27N3/c1-16-12-18(3)22(26(5)14-16)24-20-10-8-9-11-21(20)25(28(24)7)23-19(4)13-17(2)15-27(23)6;1-16-19(9-7-11-20(16)25-15-14-23(3)17(25)2)22-13-12-18-8-5-6-10-21(18)24(22)4;1-16-20(10-7-11-21(16)25-13-12-23(3)17(25)2)22-14-18-8-5-6-9-19(18)15-24(22)4;1-16-19(10-7-11-21(16)25-15-14-23(3)17(25)2)22-20-9-6-5-8-18(20)12-13-24(22)4;1-14-10-16(3)20(22(5)12-14)18-8-9-19(24(18)7)21-17(4)11-15(2)13-23(21)6/h8-15H,1-7H3;3*5-15,17H,1-4H3;8-13H,1-7H3/q+2;3*+1;+2/t;3*17-;/m.000./s1. The van der Waals surface area contributed by atoms with E-state index in [4.69, 9.17) is 0 Å². The highest BCUT2D eigenvalue weighted by atomic mass is 15.4. The summed E-state index contributed by atoms with van der Waals surface area (Å²) < 4.78 is 20.4. The van der Waals surface area contributed by atoms with E-state index in [-0.39, 0.29) is 0 Å². The second kappa shape index (κ2) is 36.4. The Balaban J connectivity index is 0.000000122. The maximum Gasteiger partial charge on any atom is 0.232 e. The summed E-state index contributed by atoms with van der Waals surface area (Å²) in [4.78, 5) is 13.7. The van der Waals surface area contributed by atoms with Gasteiger partial charge in [-0.2, -0.15) is 22.8 Å². The van der Waals surface area contributed by atoms with Gasteiger partial charge in [0.25, 0.3) is 0 Å². The Morgan fingerprint density at radius 2 is 0.638 bits per heavy atom. The van der Waals surface area contributed by atoms with E-state index in [0.717, 1.165) is 0 Å². The van der Waals surface area contributed by atoms with Gasteiger partial charge in [0.1, 0.15) is 90.6 Å². The minimum atomic E-state index is 0.329. The van der Waals surface area contributed by atoms with Gasteiger partial charge < -0.3 is 38.5 Å². The first kappa shape index (κ1) is 88.1. The molecule has 127 heavy (non-hydrogen) atoms. The predicted octanol–water partition coefficient (Wildman–Crippen LogP) is 20.3. The Hall–Kier alpha value is -13.8. The molecule has 15 heteroatoms. The summed E-state index contributed by atoms with van der Waals surface area (Å²) >= 11 is 0. The largest absolute Gasteiger partial charge is 0.359 e. The van der Waals surface area contributed by atoms with E-state index >= 15 is 0 Å². The topological polar surface area (TPSA) is 56.5 Å². The minimum absolute atomic E-state index is 0.329. The smallest absolute Gasteiger partial charge is 0.232 e. The molecule has 15 nitrogen and oxygen atoms in total. The van der Waals surface area contributed by atoms with Crippen molar-refractivity contribution in [1.29, 1.82) is 0 Å². The van der Waals surface area contributed by atoms with E-state index < -0.39 is 0 Å². The number of hydrogen-bond donors (Lipinski definition) is 0. The van der Waals surface area contributed by atoms with Gasteiger partial charge in [-0.1, -0.05) is 91.0 Å². The molecule has 0 N–H and O–H groups in total. The average Bonchev–Trinajstić information content (AvgIpc) is 1.58. The molecule has 19 rings (SSSR count). The van der Waals surface area contributed by atoms with Gasteiger partial charge in [0.05, 0.1) is 22.1 Å². The normalized spacial score (nSPS) is 14.6. The van der Waals surface area contributed by atoms with Crippen molar-refractivity contribution in [1.82, 2.24) is 23.8 Å². The van der Waals surface area contributed by atoms with Crippen molar-refractivity contribution < 1.29 is 32.0 Å². The summed E-state index contributed by atoms with van der Waals surface area (Å²) in [5.74, 6) is 0. The van der Waals surface area contributed by atoms with Crippen LogP contribution in [0.25, 0.3) is 123 Å². The Morgan fingerprint density at radius 3 is 1.06 bits per heavy atom. The summed E-state index contributed by atoms with van der Waals surface area (Å²) in [7, 11) is 25.6. The van der Waals surface area contributed by atoms with Gasteiger partial charge in [0.2, 0.25) is 45.4 Å². The Labute approximate surface area is 753 Å². The van der Waals surface area contributed by atoms with E-state index in [1.165, 1.54) is 201 Å². The second-order valence-electron chi connectivity index (χ2n) is 35.6. The fourth-order valence-corrected chi connectivity index (χ4v) is 19.8. The Morgan fingerprint density at radius 1 is 0.268 bits per heavy atom. The summed E-state index contributed by atoms with van der Waals surface area (Å²) in [6, 6.07) is 76.6. The van der Waals surface area contributed by atoms with Crippen LogP contribution in [0.4, 0.5) is 17.1 Å². The monoisotopic (exact) mass is 1680 g/mol. The first-order chi connectivity index (χ1) is 60.8. The lowest BCUT2D eigenvalue weighted by Crippen LogP contribution is -2.34. The molecule has 0 radical (unpaired) electrons. The molecule has 3 aliphatic heterocycles. The number of nitrogens with zero attached hydrogens (tertiary/aromatic N) is 15. The number of rotatable bonds is 10. The zero-order chi connectivity index (χ0) is 90.4. The molecule has 0 bridgehead atoms. The number of para-hydroxylation sites is 1. The van der Waals surface area contributed by atoms with Gasteiger partial charge in [-0.25, -0.2) is 9.13 Å². The SMILES string of the molecule is Cc1c(-c2c3ccccc3cc[n+]2C)cccc1N1C=CN(C)[C@@H]1C.Cc1c(-c2cc3ccccc3c[n+]2C)cccc1N1C=CN(C)[C@@H]1C.Cc1c(-c2ccc3ccccc3[n+]2C)cccc1N1C=CN(C)[C@@H]1C.Cc1cc(C)c(-c2c3ccccc3c(-c3c(C)cc(C)c[n+]3C)n2C)[n+](C)c1.Cc1cc(C)c(-c2ccc(-c3c(C)cc(C)c[n+]3C)n2C)[n+](C)c1. The van der Waals surface area contributed by atoms with Crippen molar-refractivity contribution >= 4 is 60.3 Å². The average molecular weight is 1680 g/mol. The number of aryl methyl sites for hydroxylation is 15.